The summed E-state index contributed by atoms with van der Waals surface area (Å²) >= 11 is 1.65. The molecule has 6 nitrogen and oxygen atoms in total. The molecule has 2 aromatic heterocycles. The lowest BCUT2D eigenvalue weighted by atomic mass is 9.96. The zero-order chi connectivity index (χ0) is 17.1. The summed E-state index contributed by atoms with van der Waals surface area (Å²) in [4.78, 5) is 17.9. The summed E-state index contributed by atoms with van der Waals surface area (Å²) in [6.45, 7) is 0.616. The highest BCUT2D eigenvalue weighted by Crippen LogP contribution is 2.26. The lowest BCUT2D eigenvalue weighted by Crippen LogP contribution is -2.37. The molecule has 4 rings (SSSR count). The van der Waals surface area contributed by atoms with Gasteiger partial charge in [-0.15, -0.1) is 11.3 Å². The van der Waals surface area contributed by atoms with Crippen LogP contribution in [0, 0.1) is 5.92 Å². The highest BCUT2D eigenvalue weighted by molar-refractivity contribution is 7.09. The van der Waals surface area contributed by atoms with Gasteiger partial charge in [0, 0.05) is 11.3 Å². The number of hydrogen-bond acceptors (Lipinski definition) is 6. The molecule has 25 heavy (non-hydrogen) atoms. The number of amides is 1. The van der Waals surface area contributed by atoms with Gasteiger partial charge in [0.25, 0.3) is 0 Å². The summed E-state index contributed by atoms with van der Waals surface area (Å²) in [6.07, 6.45) is 1.32. The molecule has 0 spiro atoms. The van der Waals surface area contributed by atoms with Gasteiger partial charge < -0.3 is 14.6 Å². The van der Waals surface area contributed by atoms with Crippen molar-refractivity contribution < 1.29 is 14.1 Å². The van der Waals surface area contributed by atoms with Crippen molar-refractivity contribution in [1.82, 2.24) is 15.5 Å². The molecule has 7 heteroatoms. The number of thiophene rings is 1. The molecule has 0 saturated carbocycles. The molecule has 3 heterocycles. The van der Waals surface area contributed by atoms with Crippen molar-refractivity contribution in [3.8, 4) is 5.75 Å². The Morgan fingerprint density at radius 3 is 3.08 bits per heavy atom. The molecule has 1 aliphatic heterocycles. The zero-order valence-electron chi connectivity index (χ0n) is 13.5. The average Bonchev–Trinajstić information content (AvgIpc) is 3.32. The molecule has 1 amide bonds. The third kappa shape index (κ3) is 3.71. The minimum atomic E-state index is -0.205. The van der Waals surface area contributed by atoms with Crippen molar-refractivity contribution in [1.29, 1.82) is 0 Å². The summed E-state index contributed by atoms with van der Waals surface area (Å²) in [5.74, 6) is 1.64. The smallest absolute Gasteiger partial charge is 0.246 e. The number of carbonyl (C=O) groups excluding carboxylic acids is 1. The van der Waals surface area contributed by atoms with Crippen LogP contribution < -0.4 is 10.1 Å². The topological polar surface area (TPSA) is 77.3 Å². The van der Waals surface area contributed by atoms with Crippen LogP contribution in [0.25, 0.3) is 0 Å². The maximum atomic E-state index is 12.4. The van der Waals surface area contributed by atoms with Crippen LogP contribution >= 0.6 is 11.3 Å². The van der Waals surface area contributed by atoms with Gasteiger partial charge in [0.2, 0.25) is 11.8 Å². The second-order valence-corrected chi connectivity index (χ2v) is 6.93. The van der Waals surface area contributed by atoms with Crippen molar-refractivity contribution in [3.05, 3.63) is 63.9 Å². The highest BCUT2D eigenvalue weighted by Gasteiger charge is 2.25. The minimum absolute atomic E-state index is 0.0625. The van der Waals surface area contributed by atoms with Crippen molar-refractivity contribution in [2.24, 2.45) is 5.92 Å². The van der Waals surface area contributed by atoms with E-state index in [0.717, 1.165) is 11.3 Å². The van der Waals surface area contributed by atoms with Gasteiger partial charge in [-0.2, -0.15) is 4.98 Å². The van der Waals surface area contributed by atoms with E-state index in [0.29, 0.717) is 31.2 Å². The average molecular weight is 355 g/mol. The first-order chi connectivity index (χ1) is 12.3. The number of nitrogens with one attached hydrogen (secondary N) is 1. The number of fused-ring (bicyclic) bond motifs is 1. The molecule has 0 aliphatic carbocycles. The van der Waals surface area contributed by atoms with Crippen LogP contribution in [-0.2, 0) is 24.2 Å². The van der Waals surface area contributed by atoms with Gasteiger partial charge in [-0.05, 0) is 29.5 Å². The number of para-hydroxylation sites is 1. The van der Waals surface area contributed by atoms with E-state index in [1.165, 1.54) is 4.88 Å². The number of nitrogens with zero attached hydrogens (tertiary/aromatic N) is 2. The Balaban J connectivity index is 1.31. The standard InChI is InChI=1S/C18H17N3O3S/c22-18(13-8-12-4-1-2-6-15(12)23-11-13)19-10-17-20-16(21-24-17)9-14-5-3-7-25-14/h1-7,13H,8-11H2,(H,19,22)/t13-/m1/s1. The second-order valence-electron chi connectivity index (χ2n) is 5.90. The molecule has 0 unspecified atom stereocenters. The van der Waals surface area contributed by atoms with E-state index in [9.17, 15) is 4.79 Å². The highest BCUT2D eigenvalue weighted by atomic mass is 32.1. The first kappa shape index (κ1) is 15.8. The molecule has 128 valence electrons. The summed E-state index contributed by atoms with van der Waals surface area (Å²) in [6, 6.07) is 11.8. The molecule has 0 bridgehead atoms. The van der Waals surface area contributed by atoms with E-state index in [2.05, 4.69) is 15.5 Å². The van der Waals surface area contributed by atoms with Crippen molar-refractivity contribution in [2.45, 2.75) is 19.4 Å². The van der Waals surface area contributed by atoms with Crippen LogP contribution in [0.1, 0.15) is 22.2 Å². The van der Waals surface area contributed by atoms with Gasteiger partial charge in [-0.1, -0.05) is 29.4 Å². The quantitative estimate of drug-likeness (QED) is 0.761. The third-order valence-corrected chi connectivity index (χ3v) is 4.96. The van der Waals surface area contributed by atoms with Crippen LogP contribution in [0.2, 0.25) is 0 Å². The fourth-order valence-electron chi connectivity index (χ4n) is 2.81. The number of rotatable bonds is 5. The van der Waals surface area contributed by atoms with E-state index >= 15 is 0 Å². The molecule has 1 aromatic carbocycles. The SMILES string of the molecule is O=C(NCc1nc(Cc2cccs2)no1)[C@H]1COc2ccccc2C1. The summed E-state index contributed by atoms with van der Waals surface area (Å²) in [5.41, 5.74) is 1.06. The summed E-state index contributed by atoms with van der Waals surface area (Å²) < 4.78 is 10.9. The maximum absolute atomic E-state index is 12.4. The number of aromatic nitrogens is 2. The first-order valence-corrected chi connectivity index (χ1v) is 8.98. The predicted molar refractivity (Wildman–Crippen MR) is 92.4 cm³/mol. The Morgan fingerprint density at radius 2 is 2.20 bits per heavy atom. The summed E-state index contributed by atoms with van der Waals surface area (Å²) in [5, 5.41) is 8.83. The number of ether oxygens (including phenoxy) is 1. The minimum Gasteiger partial charge on any atom is -0.492 e. The maximum Gasteiger partial charge on any atom is 0.246 e. The molecule has 1 aliphatic rings. The molecular formula is C18H17N3O3S. The van der Waals surface area contributed by atoms with E-state index in [-0.39, 0.29) is 18.4 Å². The van der Waals surface area contributed by atoms with Crippen molar-refractivity contribution in [2.75, 3.05) is 6.61 Å². The number of hydrogen-bond donors (Lipinski definition) is 1. The lowest BCUT2D eigenvalue weighted by Gasteiger charge is -2.24. The number of carbonyl (C=O) groups is 1. The van der Waals surface area contributed by atoms with Gasteiger partial charge in [-0.25, -0.2) is 0 Å². The fourth-order valence-corrected chi connectivity index (χ4v) is 3.51. The fraction of sp³-hybridized carbons (Fsp3) is 0.278. The van der Waals surface area contributed by atoms with E-state index in [1.807, 2.05) is 41.8 Å². The van der Waals surface area contributed by atoms with Crippen LogP contribution in [0.15, 0.2) is 46.3 Å². The molecule has 3 aromatic rings. The van der Waals surface area contributed by atoms with Gasteiger partial charge in [0.05, 0.1) is 12.5 Å². The zero-order valence-corrected chi connectivity index (χ0v) is 14.3. The molecule has 1 atom stereocenters. The first-order valence-electron chi connectivity index (χ1n) is 8.10. The Morgan fingerprint density at radius 1 is 1.28 bits per heavy atom. The second kappa shape index (κ2) is 7.06. The van der Waals surface area contributed by atoms with Gasteiger partial charge >= 0.3 is 0 Å². The summed E-state index contributed by atoms with van der Waals surface area (Å²) in [7, 11) is 0. The predicted octanol–water partition coefficient (Wildman–Crippen LogP) is 2.59. The normalized spacial score (nSPS) is 16.1. The third-order valence-electron chi connectivity index (χ3n) is 4.09. The Labute approximate surface area is 148 Å². The molecule has 0 fully saturated rings. The Bertz CT molecular complexity index is 860. The van der Waals surface area contributed by atoms with Gasteiger partial charge in [0.15, 0.2) is 5.82 Å². The van der Waals surface area contributed by atoms with Crippen molar-refractivity contribution >= 4 is 17.2 Å². The van der Waals surface area contributed by atoms with Crippen LogP contribution in [0.3, 0.4) is 0 Å². The molecule has 1 N–H and O–H groups in total. The lowest BCUT2D eigenvalue weighted by molar-refractivity contribution is -0.126. The van der Waals surface area contributed by atoms with Crippen LogP contribution in [-0.4, -0.2) is 22.7 Å². The van der Waals surface area contributed by atoms with Gasteiger partial charge in [0.1, 0.15) is 12.4 Å². The largest absolute Gasteiger partial charge is 0.492 e. The van der Waals surface area contributed by atoms with E-state index in [1.54, 1.807) is 11.3 Å². The van der Waals surface area contributed by atoms with E-state index < -0.39 is 0 Å². The molecular weight excluding hydrogens is 338 g/mol. The Kier molecular flexibility index (Phi) is 4.47. The van der Waals surface area contributed by atoms with Crippen LogP contribution in [0.4, 0.5) is 0 Å². The van der Waals surface area contributed by atoms with Crippen molar-refractivity contribution in [3.63, 3.8) is 0 Å². The van der Waals surface area contributed by atoms with Gasteiger partial charge in [-0.3, -0.25) is 4.79 Å². The van der Waals surface area contributed by atoms with E-state index in [4.69, 9.17) is 9.26 Å². The molecule has 0 radical (unpaired) electrons. The van der Waals surface area contributed by atoms with Crippen LogP contribution in [0.5, 0.6) is 5.75 Å². The molecule has 0 saturated heterocycles. The Hall–Kier alpha value is -2.67. The monoisotopic (exact) mass is 355 g/mol. The number of benzene rings is 1.